The molecule has 8 heterocycles. The summed E-state index contributed by atoms with van der Waals surface area (Å²) in [4.78, 5) is 68.4. The van der Waals surface area contributed by atoms with E-state index in [0.29, 0.717) is 133 Å². The average molecular weight is 1910 g/mol. The number of hydrogen-bond donors (Lipinski definition) is 8. The van der Waals surface area contributed by atoms with Crippen LogP contribution in [-0.2, 0) is 15.1 Å². The molecule has 4 aromatic carbocycles. The summed E-state index contributed by atoms with van der Waals surface area (Å²) in [5.74, 6) is -3.33. The van der Waals surface area contributed by atoms with Crippen LogP contribution in [0.15, 0.2) is 216 Å². The maximum atomic E-state index is 14.4. The lowest BCUT2D eigenvalue weighted by Crippen LogP contribution is -2.35. The quantitative estimate of drug-likeness (QED) is 0.0161. The molecule has 6 aromatic heterocycles. The van der Waals surface area contributed by atoms with Gasteiger partial charge >= 0.3 is 11.9 Å². The van der Waals surface area contributed by atoms with Gasteiger partial charge in [0, 0.05) is 155 Å². The number of ether oxygens (including phenoxy) is 2. The summed E-state index contributed by atoms with van der Waals surface area (Å²) in [7, 11) is 2.57. The van der Waals surface area contributed by atoms with Gasteiger partial charge in [-0.05, 0) is 195 Å². The molecule has 0 saturated carbocycles. The zero-order chi connectivity index (χ0) is 93.1. The van der Waals surface area contributed by atoms with Crippen molar-refractivity contribution in [2.45, 2.75) is 85.7 Å². The van der Waals surface area contributed by atoms with E-state index in [2.05, 4.69) is 80.3 Å². The first-order valence-corrected chi connectivity index (χ1v) is 41.2. The predicted octanol–water partition coefficient (Wildman–Crippen LogP) is 22.8. The molecular formula is C90H88Cl10F4N12O9. The van der Waals surface area contributed by atoms with E-state index >= 15 is 0 Å². The SMILES string of the molecule is C=C(C)C1CN=C(c2cc(Cl)ccc2F)C=C1Cl.C=C(C)c1cnc(-c2cc(Cl)ccc2F)cc1Nc1ccncc1C(=O)NC[C@H](C)O.C=C(C)c1cnc(-c2cc(Cl)ccc2F)cc1Nc1ccncc1C(=O)OC.CC(C)(O)C1CN=C(c2cc(Cl)ccc2F)C=C1Cl.CC(C)(O)c1cnc(Cl)cc1Cl.COC(=O)c1cnc(Cl)cc1Cl.C[C@H](O)CN. The second-order valence-electron chi connectivity index (χ2n) is 28.7. The maximum Gasteiger partial charge on any atom is 0.341 e. The van der Waals surface area contributed by atoms with E-state index in [1.54, 1.807) is 109 Å². The van der Waals surface area contributed by atoms with Gasteiger partial charge in [0.1, 0.15) is 39.1 Å². The molecule has 4 atom stereocenters. The first-order valence-electron chi connectivity index (χ1n) is 37.4. The van der Waals surface area contributed by atoms with Crippen molar-refractivity contribution in [2.75, 3.05) is 51.0 Å². The first kappa shape index (κ1) is 104. The largest absolute Gasteiger partial charge is 0.465 e. The number of allylic oxidation sites excluding steroid dienone is 4. The van der Waals surface area contributed by atoms with Crippen molar-refractivity contribution in [3.8, 4) is 22.5 Å². The number of carbonyl (C=O) groups is 3. The molecule has 21 nitrogen and oxygen atoms in total. The Labute approximate surface area is 771 Å². The number of nitrogens with one attached hydrogen (secondary N) is 3. The van der Waals surface area contributed by atoms with Crippen molar-refractivity contribution in [1.29, 1.82) is 0 Å². The summed E-state index contributed by atoms with van der Waals surface area (Å²) in [5.41, 5.74) is 13.3. The summed E-state index contributed by atoms with van der Waals surface area (Å²) in [5, 5.41) is 50.3. The summed E-state index contributed by atoms with van der Waals surface area (Å²) in [6.07, 6.45) is 14.1. The minimum absolute atomic E-state index is 0.0256. The van der Waals surface area contributed by atoms with Crippen LogP contribution in [0.3, 0.4) is 0 Å². The highest BCUT2D eigenvalue weighted by atomic mass is 35.5. The summed E-state index contributed by atoms with van der Waals surface area (Å²) in [6.45, 7) is 28.5. The van der Waals surface area contributed by atoms with E-state index in [4.69, 9.17) is 132 Å². The molecule has 660 valence electrons. The van der Waals surface area contributed by atoms with Crippen LogP contribution in [0.1, 0.15) is 121 Å². The Morgan fingerprint density at radius 1 is 0.504 bits per heavy atom. The minimum Gasteiger partial charge on any atom is -0.465 e. The lowest BCUT2D eigenvalue weighted by Gasteiger charge is -2.30. The third-order valence-corrected chi connectivity index (χ3v) is 20.3. The van der Waals surface area contributed by atoms with Crippen molar-refractivity contribution in [3.05, 3.63) is 315 Å². The van der Waals surface area contributed by atoms with Crippen LogP contribution in [0.5, 0.6) is 0 Å². The van der Waals surface area contributed by atoms with E-state index < -0.39 is 46.7 Å². The number of aliphatic imine (C=N–C) groups is 2. The van der Waals surface area contributed by atoms with Crippen molar-refractivity contribution < 1.29 is 61.8 Å². The molecule has 0 fully saturated rings. The molecule has 10 aromatic rings. The lowest BCUT2D eigenvalue weighted by molar-refractivity contribution is 0.0384. The Hall–Kier alpha value is -9.75. The number of carbonyl (C=O) groups excluding carboxylic acids is 3. The van der Waals surface area contributed by atoms with Gasteiger partial charge in [-0.3, -0.25) is 34.7 Å². The molecule has 9 N–H and O–H groups in total. The third-order valence-electron chi connectivity index (χ3n) is 17.5. The standard InChI is InChI=1S/C23H22ClFN4O2.C21H17ClFN3O2.C14H14Cl2FNO.C14H12Cl2FN.C8H9Cl2NO.C7H5Cl2NO2.C3H9NO/c1-13(2)17-12-27-21(16-8-15(24)4-5-19(16)25)9-22(17)29-20-6-7-26-11-18(20)23(31)28-10-14(3)30;1-12(2)15-11-25-19(14-8-13(22)4-5-17(14)23)9-20(15)26-18-6-7-24-10-16(18)21(27)28-3;1-14(2,19)10-7-18-13(6-11(10)16)9-5-8(15)3-4-12(9)17;1-8(2)11-7-18-14(6-12(11)16)10-5-9(15)3-4-13(10)17;1-8(2,12)5-4-11-7(10)3-6(5)9;1-12-7(11)4-3-10-6(9)2-5(4)8;1-3(5)2-4/h4-9,11-12,14,30H,1,10H2,2-3H3,(H,28,31)(H,26,27,29);4-11H,1H2,2-3H3,(H,24,25,26);3-6,10,19H,7H2,1-2H3;3-6,11H,1,7H2,2H3;3-4,12H,1-2H3;2-3H,1H3;3,5H,2,4H2,1H3/t14-;;;;;;3-/m0.....0/s1. The highest BCUT2D eigenvalue weighted by molar-refractivity contribution is 6.37. The van der Waals surface area contributed by atoms with Crippen LogP contribution in [0, 0.1) is 35.1 Å². The fourth-order valence-electron chi connectivity index (χ4n) is 10.9. The summed E-state index contributed by atoms with van der Waals surface area (Å²) in [6, 6.07) is 26.8. The van der Waals surface area contributed by atoms with Gasteiger partial charge in [-0.25, -0.2) is 37.1 Å². The monoisotopic (exact) mass is 1910 g/mol. The van der Waals surface area contributed by atoms with Crippen LogP contribution in [0.25, 0.3) is 33.7 Å². The predicted molar refractivity (Wildman–Crippen MR) is 497 cm³/mol. The highest BCUT2D eigenvalue weighted by Crippen LogP contribution is 2.38. The van der Waals surface area contributed by atoms with Crippen LogP contribution in [0.2, 0.25) is 40.4 Å². The van der Waals surface area contributed by atoms with Gasteiger partial charge in [-0.1, -0.05) is 141 Å². The Morgan fingerprint density at radius 3 is 1.28 bits per heavy atom. The number of anilines is 4. The second kappa shape index (κ2) is 48.8. The highest BCUT2D eigenvalue weighted by Gasteiger charge is 2.33. The van der Waals surface area contributed by atoms with Gasteiger partial charge in [-0.2, -0.15) is 0 Å². The number of dihydropyridines is 2. The molecular weight excluding hydrogens is 1820 g/mol. The van der Waals surface area contributed by atoms with E-state index in [-0.39, 0.29) is 68.6 Å². The number of aliphatic hydroxyl groups is 4. The number of rotatable bonds is 19. The van der Waals surface area contributed by atoms with Gasteiger partial charge in [0.05, 0.1) is 106 Å². The fourth-order valence-corrected chi connectivity index (χ4v) is 13.4. The van der Waals surface area contributed by atoms with Crippen LogP contribution in [-0.4, -0.2) is 138 Å². The van der Waals surface area contributed by atoms with Gasteiger partial charge in [0.25, 0.3) is 5.91 Å². The van der Waals surface area contributed by atoms with Crippen LogP contribution < -0.4 is 21.7 Å². The third kappa shape index (κ3) is 31.7. The normalized spacial score (nSPS) is 13.7. The zero-order valence-electron chi connectivity index (χ0n) is 69.2. The molecule has 0 saturated heterocycles. The average Bonchev–Trinajstić information content (AvgIpc) is 0.808. The topological polar surface area (TPSA) is 315 Å². The number of pyridine rings is 6. The molecule has 2 unspecified atom stereocenters. The molecule has 0 radical (unpaired) electrons. The smallest absolute Gasteiger partial charge is 0.341 e. The number of esters is 2. The number of methoxy groups -OCH3 is 2. The Balaban J connectivity index is 0.000000236. The summed E-state index contributed by atoms with van der Waals surface area (Å²) < 4.78 is 65.4. The number of nitrogens with zero attached hydrogens (tertiary/aromatic N) is 8. The molecule has 125 heavy (non-hydrogen) atoms. The lowest BCUT2D eigenvalue weighted by atomic mass is 9.88. The number of amides is 1. The maximum absolute atomic E-state index is 14.4. The molecule has 12 rings (SSSR count). The van der Waals surface area contributed by atoms with E-state index in [9.17, 15) is 47.3 Å². The minimum atomic E-state index is -0.978. The Kier molecular flexibility index (Phi) is 40.6. The molecule has 0 aliphatic carbocycles. The second-order valence-corrected chi connectivity index (χ2v) is 32.9. The van der Waals surface area contributed by atoms with Gasteiger partial charge in [-0.15, -0.1) is 0 Å². The molecule has 2 aliphatic heterocycles. The van der Waals surface area contributed by atoms with Crippen LogP contribution >= 0.6 is 116 Å². The first-order chi connectivity index (χ1) is 58.8. The van der Waals surface area contributed by atoms with Gasteiger partial charge < -0.3 is 51.6 Å². The zero-order valence-corrected chi connectivity index (χ0v) is 76.8. The van der Waals surface area contributed by atoms with Crippen molar-refractivity contribution >= 4 is 179 Å². The van der Waals surface area contributed by atoms with E-state index in [0.717, 1.165) is 22.3 Å². The fraction of sp³-hybridized carbons (Fsp3) is 0.233. The van der Waals surface area contributed by atoms with E-state index in [1.807, 2.05) is 20.8 Å². The number of halogens is 14. The van der Waals surface area contributed by atoms with Crippen LogP contribution in [0.4, 0.5) is 40.3 Å². The molecule has 2 aliphatic rings. The van der Waals surface area contributed by atoms with Crippen molar-refractivity contribution in [2.24, 2.45) is 27.6 Å². The summed E-state index contributed by atoms with van der Waals surface area (Å²) >= 11 is 58.7. The molecule has 1 amide bonds. The molecule has 35 heteroatoms. The van der Waals surface area contributed by atoms with E-state index in [1.165, 1.54) is 118 Å². The van der Waals surface area contributed by atoms with Crippen molar-refractivity contribution in [3.63, 3.8) is 0 Å². The molecule has 0 bridgehead atoms. The number of aromatic nitrogens is 6. The number of benzene rings is 4. The van der Waals surface area contributed by atoms with Gasteiger partial charge in [0.15, 0.2) is 0 Å². The molecule has 0 spiro atoms. The Morgan fingerprint density at radius 2 is 0.896 bits per heavy atom. The number of hydrogen-bond acceptors (Lipinski definition) is 20. The number of aliphatic hydroxyl groups excluding tert-OH is 2. The van der Waals surface area contributed by atoms with Crippen molar-refractivity contribution in [1.82, 2.24) is 35.2 Å². The number of nitrogens with two attached hydrogens (primary N) is 1. The Bertz CT molecular complexity index is 5700. The van der Waals surface area contributed by atoms with Gasteiger partial charge in [0.2, 0.25) is 0 Å².